The number of hydrogen-bond donors (Lipinski definition) is 1. The van der Waals surface area contributed by atoms with Crippen LogP contribution < -0.4 is 0 Å². The molecule has 0 spiro atoms. The minimum atomic E-state index is -0.0467. The number of aliphatic hydroxyl groups is 1. The number of rotatable bonds is 11. The highest BCUT2D eigenvalue weighted by atomic mass is 16.3. The topological polar surface area (TPSA) is 20.2 Å². The van der Waals surface area contributed by atoms with Crippen LogP contribution in [0.25, 0.3) is 0 Å². The molecule has 0 amide bonds. The van der Waals surface area contributed by atoms with E-state index in [2.05, 4.69) is 27.7 Å². The van der Waals surface area contributed by atoms with Crippen LogP contribution >= 0.6 is 0 Å². The second-order valence-electron chi connectivity index (χ2n) is 5.39. The highest BCUT2D eigenvalue weighted by molar-refractivity contribution is 4.53. The van der Waals surface area contributed by atoms with Gasteiger partial charge in [-0.1, -0.05) is 91.9 Å². The van der Waals surface area contributed by atoms with Crippen molar-refractivity contribution in [2.24, 2.45) is 0 Å². The van der Waals surface area contributed by atoms with E-state index in [4.69, 9.17) is 0 Å². The average molecular weight is 258 g/mol. The van der Waals surface area contributed by atoms with Crippen LogP contribution in [-0.4, -0.2) is 11.2 Å². The summed E-state index contributed by atoms with van der Waals surface area (Å²) in [4.78, 5) is 0. The lowest BCUT2D eigenvalue weighted by Crippen LogP contribution is -2.03. The summed E-state index contributed by atoms with van der Waals surface area (Å²) in [7, 11) is 0. The fourth-order valence-corrected chi connectivity index (χ4v) is 1.89. The fourth-order valence-electron chi connectivity index (χ4n) is 1.89. The van der Waals surface area contributed by atoms with E-state index in [1.807, 2.05) is 0 Å². The van der Waals surface area contributed by atoms with Gasteiger partial charge in [-0.3, -0.25) is 0 Å². The summed E-state index contributed by atoms with van der Waals surface area (Å²) in [6.07, 6.45) is 15.4. The molecule has 0 rings (SSSR count). The lowest BCUT2D eigenvalue weighted by Gasteiger charge is -2.06. The van der Waals surface area contributed by atoms with Gasteiger partial charge in [0.15, 0.2) is 0 Å². The van der Waals surface area contributed by atoms with Gasteiger partial charge in [0, 0.05) is 0 Å². The van der Waals surface area contributed by atoms with E-state index >= 15 is 0 Å². The molecule has 0 aromatic rings. The minimum Gasteiger partial charge on any atom is -0.393 e. The van der Waals surface area contributed by atoms with Crippen LogP contribution in [-0.2, 0) is 0 Å². The highest BCUT2D eigenvalue weighted by Crippen LogP contribution is 2.11. The Morgan fingerprint density at radius 3 is 1.44 bits per heavy atom. The van der Waals surface area contributed by atoms with E-state index < -0.39 is 0 Å². The number of aliphatic hydroxyl groups excluding tert-OH is 1. The third-order valence-corrected chi connectivity index (χ3v) is 3.11. The third kappa shape index (κ3) is 21.3. The first-order valence-corrected chi connectivity index (χ1v) is 8.40. The van der Waals surface area contributed by atoms with E-state index in [0.29, 0.717) is 0 Å². The van der Waals surface area contributed by atoms with Gasteiger partial charge >= 0.3 is 0 Å². The Morgan fingerprint density at radius 2 is 1.06 bits per heavy atom. The maximum atomic E-state index is 9.36. The van der Waals surface area contributed by atoms with Gasteiger partial charge in [-0.05, 0) is 12.8 Å². The van der Waals surface area contributed by atoms with E-state index in [9.17, 15) is 5.11 Å². The molecule has 0 aliphatic rings. The second kappa shape index (κ2) is 19.3. The first-order chi connectivity index (χ1) is 8.72. The van der Waals surface area contributed by atoms with Crippen molar-refractivity contribution in [2.45, 2.75) is 111 Å². The van der Waals surface area contributed by atoms with Crippen molar-refractivity contribution >= 4 is 0 Å². The number of hydrogen-bond acceptors (Lipinski definition) is 1. The summed E-state index contributed by atoms with van der Waals surface area (Å²) in [5.74, 6) is 0. The zero-order chi connectivity index (χ0) is 14.1. The molecular formula is C17H38O. The van der Waals surface area contributed by atoms with Gasteiger partial charge < -0.3 is 5.11 Å². The van der Waals surface area contributed by atoms with E-state index in [0.717, 1.165) is 12.8 Å². The molecule has 0 aromatic carbocycles. The predicted octanol–water partition coefficient (Wildman–Crippen LogP) is 6.09. The van der Waals surface area contributed by atoms with Crippen molar-refractivity contribution < 1.29 is 5.11 Å². The zero-order valence-electron chi connectivity index (χ0n) is 13.5. The average Bonchev–Trinajstić information content (AvgIpc) is 2.37. The molecule has 1 unspecified atom stereocenters. The van der Waals surface area contributed by atoms with Gasteiger partial charge in [-0.2, -0.15) is 0 Å². The summed E-state index contributed by atoms with van der Waals surface area (Å²) >= 11 is 0. The molecule has 0 aliphatic carbocycles. The third-order valence-electron chi connectivity index (χ3n) is 3.11. The van der Waals surface area contributed by atoms with Crippen LogP contribution in [0.5, 0.6) is 0 Å². The quantitative estimate of drug-likeness (QED) is 0.444. The number of unbranched alkanes of at least 4 members (excludes halogenated alkanes) is 8. The molecule has 0 aliphatic heterocycles. The van der Waals surface area contributed by atoms with Crippen LogP contribution in [0.15, 0.2) is 0 Å². The second-order valence-corrected chi connectivity index (χ2v) is 5.39. The van der Waals surface area contributed by atoms with Gasteiger partial charge in [-0.25, -0.2) is 0 Å². The molecule has 112 valence electrons. The standard InChI is InChI=1S/C14H30O.C3H8/c1-3-5-6-7-8-9-10-11-12-13-14(15)4-2;1-3-2/h14-15H,3-13H2,1-2H3;3H2,1-2H3. The Balaban J connectivity index is 0. The smallest absolute Gasteiger partial charge is 0.0537 e. The molecule has 0 radical (unpaired) electrons. The molecule has 18 heavy (non-hydrogen) atoms. The van der Waals surface area contributed by atoms with E-state index in [-0.39, 0.29) is 6.10 Å². The summed E-state index contributed by atoms with van der Waals surface area (Å²) in [6, 6.07) is 0. The van der Waals surface area contributed by atoms with E-state index in [1.165, 1.54) is 64.2 Å². The molecule has 0 saturated carbocycles. The van der Waals surface area contributed by atoms with Gasteiger partial charge in [0.2, 0.25) is 0 Å². The van der Waals surface area contributed by atoms with Crippen molar-refractivity contribution in [3.63, 3.8) is 0 Å². The van der Waals surface area contributed by atoms with Gasteiger partial charge in [0.05, 0.1) is 6.10 Å². The SMILES string of the molecule is CCC.CCCCCCCCCCCC(O)CC. The zero-order valence-corrected chi connectivity index (χ0v) is 13.5. The molecule has 0 bridgehead atoms. The summed E-state index contributed by atoms with van der Waals surface area (Å²) in [6.45, 7) is 8.57. The van der Waals surface area contributed by atoms with Crippen molar-refractivity contribution in [3.05, 3.63) is 0 Å². The first-order valence-electron chi connectivity index (χ1n) is 8.40. The van der Waals surface area contributed by atoms with Gasteiger partial charge in [0.1, 0.15) is 0 Å². The van der Waals surface area contributed by atoms with Crippen LogP contribution in [0.3, 0.4) is 0 Å². The maximum Gasteiger partial charge on any atom is 0.0537 e. The first kappa shape index (κ1) is 20.3. The molecule has 0 aromatic heterocycles. The van der Waals surface area contributed by atoms with Crippen molar-refractivity contribution in [2.75, 3.05) is 0 Å². The van der Waals surface area contributed by atoms with Gasteiger partial charge in [0.25, 0.3) is 0 Å². The van der Waals surface area contributed by atoms with Crippen molar-refractivity contribution in [1.29, 1.82) is 0 Å². The molecular weight excluding hydrogens is 220 g/mol. The summed E-state index contributed by atoms with van der Waals surface area (Å²) in [5, 5.41) is 9.36. The van der Waals surface area contributed by atoms with Gasteiger partial charge in [-0.15, -0.1) is 0 Å². The maximum absolute atomic E-state index is 9.36. The molecule has 1 N–H and O–H groups in total. The normalized spacial score (nSPS) is 11.8. The minimum absolute atomic E-state index is 0.0467. The highest BCUT2D eigenvalue weighted by Gasteiger charge is 1.99. The summed E-state index contributed by atoms with van der Waals surface area (Å²) < 4.78 is 0. The van der Waals surface area contributed by atoms with Crippen molar-refractivity contribution in [1.82, 2.24) is 0 Å². The largest absolute Gasteiger partial charge is 0.393 e. The Labute approximate surface area is 116 Å². The lowest BCUT2D eigenvalue weighted by molar-refractivity contribution is 0.156. The monoisotopic (exact) mass is 258 g/mol. The Bertz CT molecular complexity index is 123. The fraction of sp³-hybridized carbons (Fsp3) is 1.00. The molecule has 0 fully saturated rings. The van der Waals surface area contributed by atoms with E-state index in [1.54, 1.807) is 0 Å². The Kier molecular flexibility index (Phi) is 21.7. The molecule has 0 saturated heterocycles. The molecule has 1 atom stereocenters. The van der Waals surface area contributed by atoms with Crippen LogP contribution in [0.4, 0.5) is 0 Å². The predicted molar refractivity (Wildman–Crippen MR) is 84.1 cm³/mol. The Hall–Kier alpha value is -0.0400. The molecule has 1 heteroatoms. The Morgan fingerprint density at radius 1 is 0.667 bits per heavy atom. The molecule has 0 heterocycles. The lowest BCUT2D eigenvalue weighted by atomic mass is 10.0. The molecule has 1 nitrogen and oxygen atoms in total. The van der Waals surface area contributed by atoms with Crippen LogP contribution in [0.1, 0.15) is 105 Å². The summed E-state index contributed by atoms with van der Waals surface area (Å²) in [5.41, 5.74) is 0. The van der Waals surface area contributed by atoms with Crippen LogP contribution in [0.2, 0.25) is 0 Å². The van der Waals surface area contributed by atoms with Crippen LogP contribution in [0, 0.1) is 0 Å². The van der Waals surface area contributed by atoms with Crippen molar-refractivity contribution in [3.8, 4) is 0 Å².